The molecule has 0 saturated heterocycles. The van der Waals surface area contributed by atoms with Crippen LogP contribution < -0.4 is 9.88 Å². The van der Waals surface area contributed by atoms with E-state index in [9.17, 15) is 12.8 Å². The average Bonchev–Trinajstić information content (AvgIpc) is 2.13. The van der Waals surface area contributed by atoms with Gasteiger partial charge in [-0.15, -0.1) is 0 Å². The molecule has 0 saturated carbocycles. The van der Waals surface area contributed by atoms with Crippen molar-refractivity contribution in [3.63, 3.8) is 0 Å². The van der Waals surface area contributed by atoms with Gasteiger partial charge in [0, 0.05) is 0 Å². The molecule has 0 radical (unpaired) electrons. The summed E-state index contributed by atoms with van der Waals surface area (Å²) in [6, 6.07) is 4.01. The summed E-state index contributed by atoms with van der Waals surface area (Å²) in [5, 5.41) is 4.82. The summed E-state index contributed by atoms with van der Waals surface area (Å²) in [7, 11) is -3.45. The number of hydrogen-bond acceptors (Lipinski definition) is 3. The van der Waals surface area contributed by atoms with Gasteiger partial charge in [0.1, 0.15) is 11.6 Å². The largest absolute Gasteiger partial charge is 0.492 e. The van der Waals surface area contributed by atoms with Crippen molar-refractivity contribution in [3.8, 4) is 5.75 Å². The van der Waals surface area contributed by atoms with E-state index in [1.807, 2.05) is 0 Å². The van der Waals surface area contributed by atoms with Crippen molar-refractivity contribution in [2.75, 3.05) is 12.4 Å². The Bertz CT molecular complexity index is 464. The summed E-state index contributed by atoms with van der Waals surface area (Å²) in [5.41, 5.74) is 0. The third-order valence-corrected chi connectivity index (χ3v) is 3.20. The molecule has 1 rings (SSSR count). The van der Waals surface area contributed by atoms with Crippen LogP contribution in [-0.2, 0) is 10.0 Å². The number of ether oxygens (including phenoxy) is 1. The van der Waals surface area contributed by atoms with Gasteiger partial charge in [-0.1, -0.05) is 0 Å². The quantitative estimate of drug-likeness (QED) is 0.841. The number of nitrogens with two attached hydrogens (primary N) is 1. The molecule has 7 heteroatoms. The molecule has 0 spiro atoms. The van der Waals surface area contributed by atoms with Crippen LogP contribution in [0.4, 0.5) is 4.39 Å². The lowest BCUT2D eigenvalue weighted by molar-refractivity contribution is 0.315. The van der Waals surface area contributed by atoms with E-state index in [2.05, 4.69) is 15.9 Å². The summed E-state index contributed by atoms with van der Waals surface area (Å²) < 4.78 is 39.7. The Labute approximate surface area is 102 Å². The Balaban J connectivity index is 2.43. The van der Waals surface area contributed by atoms with Crippen molar-refractivity contribution < 1.29 is 17.5 Å². The van der Waals surface area contributed by atoms with Crippen molar-refractivity contribution >= 4 is 26.0 Å². The molecule has 0 aromatic heterocycles. The SMILES string of the molecule is NS(=O)(=O)CCCOc1ccc(F)cc1Br. The van der Waals surface area contributed by atoms with Crippen LogP contribution in [0.15, 0.2) is 22.7 Å². The maximum Gasteiger partial charge on any atom is 0.209 e. The first kappa shape index (κ1) is 13.4. The minimum atomic E-state index is -3.45. The standard InChI is InChI=1S/C9H11BrFNO3S/c10-8-6-7(11)2-3-9(8)15-4-1-5-16(12,13)14/h2-3,6H,1,4-5H2,(H2,12,13,14). The van der Waals surface area contributed by atoms with Gasteiger partial charge < -0.3 is 4.74 Å². The van der Waals surface area contributed by atoms with E-state index in [4.69, 9.17) is 9.88 Å². The van der Waals surface area contributed by atoms with E-state index < -0.39 is 10.0 Å². The van der Waals surface area contributed by atoms with Crippen molar-refractivity contribution in [1.82, 2.24) is 0 Å². The number of benzene rings is 1. The van der Waals surface area contributed by atoms with Crippen molar-refractivity contribution in [2.24, 2.45) is 5.14 Å². The molecule has 0 bridgehead atoms. The van der Waals surface area contributed by atoms with E-state index in [1.165, 1.54) is 18.2 Å². The summed E-state index contributed by atoms with van der Waals surface area (Å²) in [4.78, 5) is 0. The van der Waals surface area contributed by atoms with E-state index in [1.54, 1.807) is 0 Å². The fourth-order valence-corrected chi connectivity index (χ4v) is 2.02. The van der Waals surface area contributed by atoms with Crippen LogP contribution in [-0.4, -0.2) is 20.8 Å². The molecule has 1 aromatic rings. The maximum atomic E-state index is 12.7. The van der Waals surface area contributed by atoms with Gasteiger partial charge in [-0.25, -0.2) is 17.9 Å². The topological polar surface area (TPSA) is 69.4 Å². The molecule has 0 aliphatic carbocycles. The highest BCUT2D eigenvalue weighted by Gasteiger charge is 2.05. The molecule has 4 nitrogen and oxygen atoms in total. The summed E-state index contributed by atoms with van der Waals surface area (Å²) in [5.74, 6) is -0.0363. The van der Waals surface area contributed by atoms with Gasteiger partial charge >= 0.3 is 0 Å². The van der Waals surface area contributed by atoms with Crippen LogP contribution in [0.2, 0.25) is 0 Å². The molecule has 1 aromatic carbocycles. The lowest BCUT2D eigenvalue weighted by Gasteiger charge is -2.07. The molecular formula is C9H11BrFNO3S. The Kier molecular flexibility index (Phi) is 4.69. The minimum Gasteiger partial charge on any atom is -0.492 e. The molecule has 0 aliphatic rings. The van der Waals surface area contributed by atoms with Crippen LogP contribution in [0.5, 0.6) is 5.75 Å². The summed E-state index contributed by atoms with van der Waals surface area (Å²) in [6.45, 7) is 0.209. The Morgan fingerprint density at radius 1 is 1.44 bits per heavy atom. The van der Waals surface area contributed by atoms with Crippen LogP contribution in [0.25, 0.3) is 0 Å². The molecular weight excluding hydrogens is 301 g/mol. The lowest BCUT2D eigenvalue weighted by Crippen LogP contribution is -2.18. The zero-order valence-electron chi connectivity index (χ0n) is 8.32. The molecule has 90 valence electrons. The van der Waals surface area contributed by atoms with Gasteiger partial charge in [0.05, 0.1) is 16.8 Å². The second kappa shape index (κ2) is 5.60. The van der Waals surface area contributed by atoms with E-state index >= 15 is 0 Å². The predicted molar refractivity (Wildman–Crippen MR) is 62.2 cm³/mol. The van der Waals surface area contributed by atoms with Gasteiger partial charge in [-0.3, -0.25) is 0 Å². The molecule has 0 amide bonds. The molecule has 2 N–H and O–H groups in total. The fraction of sp³-hybridized carbons (Fsp3) is 0.333. The van der Waals surface area contributed by atoms with Crippen LogP contribution >= 0.6 is 15.9 Å². The molecule has 16 heavy (non-hydrogen) atoms. The van der Waals surface area contributed by atoms with Crippen LogP contribution in [0, 0.1) is 5.82 Å². The van der Waals surface area contributed by atoms with Crippen molar-refractivity contribution in [2.45, 2.75) is 6.42 Å². The van der Waals surface area contributed by atoms with Gasteiger partial charge in [0.2, 0.25) is 10.0 Å². The van der Waals surface area contributed by atoms with Crippen molar-refractivity contribution in [1.29, 1.82) is 0 Å². The van der Waals surface area contributed by atoms with Gasteiger partial charge in [-0.05, 0) is 40.5 Å². The monoisotopic (exact) mass is 311 g/mol. The number of primary sulfonamides is 1. The number of sulfonamides is 1. The second-order valence-corrected chi connectivity index (χ2v) is 5.73. The van der Waals surface area contributed by atoms with Gasteiger partial charge in [0.25, 0.3) is 0 Å². The Morgan fingerprint density at radius 2 is 2.12 bits per heavy atom. The third-order valence-electron chi connectivity index (χ3n) is 1.72. The highest BCUT2D eigenvalue weighted by atomic mass is 79.9. The summed E-state index contributed by atoms with van der Waals surface area (Å²) in [6.07, 6.45) is 0.294. The average molecular weight is 312 g/mol. The van der Waals surface area contributed by atoms with Crippen molar-refractivity contribution in [3.05, 3.63) is 28.5 Å². The van der Waals surface area contributed by atoms with Crippen LogP contribution in [0.1, 0.15) is 6.42 Å². The predicted octanol–water partition coefficient (Wildman–Crippen LogP) is 1.65. The smallest absolute Gasteiger partial charge is 0.209 e. The minimum absolute atomic E-state index is 0.133. The molecule has 0 fully saturated rings. The van der Waals surface area contributed by atoms with E-state index in [-0.39, 0.29) is 18.2 Å². The maximum absolute atomic E-state index is 12.7. The fourth-order valence-electron chi connectivity index (χ4n) is 1.03. The zero-order valence-corrected chi connectivity index (χ0v) is 10.7. The Hall–Kier alpha value is -0.660. The lowest BCUT2D eigenvalue weighted by atomic mass is 10.3. The first-order valence-corrected chi connectivity index (χ1v) is 6.97. The van der Waals surface area contributed by atoms with Gasteiger partial charge in [-0.2, -0.15) is 0 Å². The van der Waals surface area contributed by atoms with Gasteiger partial charge in [0.15, 0.2) is 0 Å². The molecule has 0 aliphatic heterocycles. The van der Waals surface area contributed by atoms with Crippen LogP contribution in [0.3, 0.4) is 0 Å². The zero-order chi connectivity index (χ0) is 12.2. The normalized spacial score (nSPS) is 11.4. The summed E-state index contributed by atoms with van der Waals surface area (Å²) >= 11 is 3.13. The number of halogens is 2. The second-order valence-electron chi connectivity index (χ2n) is 3.14. The molecule has 0 unspecified atom stereocenters. The highest BCUT2D eigenvalue weighted by molar-refractivity contribution is 9.10. The molecule has 0 heterocycles. The van der Waals surface area contributed by atoms with E-state index in [0.717, 1.165) is 0 Å². The third kappa shape index (κ3) is 4.91. The first-order valence-electron chi connectivity index (χ1n) is 4.47. The first-order chi connectivity index (χ1) is 7.38. The molecule has 0 atom stereocenters. The number of rotatable bonds is 5. The Morgan fingerprint density at radius 3 is 2.69 bits per heavy atom. The number of hydrogen-bond donors (Lipinski definition) is 1. The highest BCUT2D eigenvalue weighted by Crippen LogP contribution is 2.25. The van der Waals surface area contributed by atoms with E-state index in [0.29, 0.717) is 16.6 Å².